The number of aryl methyl sites for hydroxylation is 1. The molecule has 0 aliphatic heterocycles. The van der Waals surface area contributed by atoms with Crippen molar-refractivity contribution in [3.8, 4) is 0 Å². The summed E-state index contributed by atoms with van der Waals surface area (Å²) in [7, 11) is 0. The number of hydrogen-bond acceptors (Lipinski definition) is 5. The van der Waals surface area contributed by atoms with Gasteiger partial charge in [0.05, 0.1) is 5.69 Å². The molecule has 8 heteroatoms. The van der Waals surface area contributed by atoms with Crippen molar-refractivity contribution in [3.63, 3.8) is 0 Å². The average Bonchev–Trinajstić information content (AvgIpc) is 2.72. The lowest BCUT2D eigenvalue weighted by molar-refractivity contribution is 0.101. The molecule has 18 heavy (non-hydrogen) atoms. The molecule has 0 unspecified atom stereocenters. The van der Waals surface area contributed by atoms with Crippen LogP contribution in [0, 0.1) is 6.92 Å². The zero-order valence-electron chi connectivity index (χ0n) is 9.20. The number of amides is 1. The lowest BCUT2D eigenvalue weighted by atomic mass is 10.2. The maximum Gasteiger partial charge on any atom is 0.281 e. The Morgan fingerprint density at radius 2 is 2.22 bits per heavy atom. The van der Waals surface area contributed by atoms with Gasteiger partial charge in [0, 0.05) is 9.50 Å². The normalized spacial score (nSPS) is 10.4. The quantitative estimate of drug-likeness (QED) is 0.882. The molecule has 3 N–H and O–H groups in total. The third-order valence-electron chi connectivity index (χ3n) is 2.23. The Labute approximate surface area is 116 Å². The van der Waals surface area contributed by atoms with Gasteiger partial charge in [-0.1, -0.05) is 11.6 Å². The number of anilines is 2. The average molecular weight is 332 g/mol. The van der Waals surface area contributed by atoms with Crippen molar-refractivity contribution >= 4 is 44.9 Å². The number of hydrogen-bond donors (Lipinski definition) is 2. The molecule has 0 spiro atoms. The van der Waals surface area contributed by atoms with Crippen LogP contribution in [0.15, 0.2) is 21.2 Å². The summed E-state index contributed by atoms with van der Waals surface area (Å²) in [5.74, 6) is -0.587. The minimum absolute atomic E-state index is 0.0677. The fraction of sp³-hybridized carbons (Fsp3) is 0.100. The lowest BCUT2D eigenvalue weighted by Gasteiger charge is -2.08. The van der Waals surface area contributed by atoms with Crippen molar-refractivity contribution in [1.82, 2.24) is 10.3 Å². The lowest BCUT2D eigenvalue weighted by Crippen LogP contribution is -2.14. The predicted octanol–water partition coefficient (Wildman–Crippen LogP) is 2.63. The van der Waals surface area contributed by atoms with Gasteiger partial charge in [0.15, 0.2) is 0 Å². The Hall–Kier alpha value is -1.60. The van der Waals surface area contributed by atoms with E-state index < -0.39 is 5.91 Å². The van der Waals surface area contributed by atoms with E-state index in [4.69, 9.17) is 17.3 Å². The second-order valence-electron chi connectivity index (χ2n) is 3.53. The number of carbonyl (C=O) groups is 1. The largest absolute Gasteiger partial charge is 0.379 e. The Morgan fingerprint density at radius 3 is 2.83 bits per heavy atom. The molecule has 0 aliphatic rings. The second kappa shape index (κ2) is 4.95. The van der Waals surface area contributed by atoms with E-state index in [0.717, 1.165) is 5.56 Å². The number of nitrogens with two attached hydrogens (primary N) is 1. The molecule has 0 bridgehead atoms. The van der Waals surface area contributed by atoms with E-state index in [0.29, 0.717) is 15.2 Å². The van der Waals surface area contributed by atoms with Gasteiger partial charge >= 0.3 is 0 Å². The van der Waals surface area contributed by atoms with Gasteiger partial charge in [-0.05, 0) is 50.9 Å². The number of nitrogens with one attached hydrogen (secondary N) is 1. The summed E-state index contributed by atoms with van der Waals surface area (Å²) in [6.07, 6.45) is 0. The monoisotopic (exact) mass is 330 g/mol. The number of aromatic nitrogens is 2. The highest BCUT2D eigenvalue weighted by Crippen LogP contribution is 2.29. The Morgan fingerprint density at radius 1 is 1.50 bits per heavy atom. The Bertz CT molecular complexity index is 614. The standard InChI is InChI=1S/C10H8BrClN4O2/c1-4-2-5(11)7(3-6(4)12)14-10(17)8-9(13)16-18-15-8/h2-3H,1H3,(H2,13,16)(H,14,17). The molecule has 2 aromatic rings. The van der Waals surface area contributed by atoms with E-state index in [-0.39, 0.29) is 11.5 Å². The molecule has 0 radical (unpaired) electrons. The van der Waals surface area contributed by atoms with Crippen LogP contribution < -0.4 is 11.1 Å². The summed E-state index contributed by atoms with van der Waals surface area (Å²) in [6, 6.07) is 3.42. The van der Waals surface area contributed by atoms with Gasteiger partial charge in [0.1, 0.15) is 0 Å². The van der Waals surface area contributed by atoms with Gasteiger partial charge in [-0.25, -0.2) is 4.63 Å². The first-order chi connectivity index (χ1) is 8.49. The molecule has 0 saturated heterocycles. The number of nitrogens with zero attached hydrogens (tertiary/aromatic N) is 2. The molecule has 6 nitrogen and oxygen atoms in total. The SMILES string of the molecule is Cc1cc(Br)c(NC(=O)c2nonc2N)cc1Cl. The summed E-state index contributed by atoms with van der Waals surface area (Å²) in [5.41, 5.74) is 6.76. The van der Waals surface area contributed by atoms with Gasteiger partial charge in [0.25, 0.3) is 5.91 Å². The molecular formula is C10H8BrClN4O2. The number of rotatable bonds is 2. The number of nitrogen functional groups attached to an aromatic ring is 1. The van der Waals surface area contributed by atoms with Crippen LogP contribution in [0.5, 0.6) is 0 Å². The van der Waals surface area contributed by atoms with Crippen LogP contribution >= 0.6 is 27.5 Å². The van der Waals surface area contributed by atoms with Gasteiger partial charge in [-0.3, -0.25) is 4.79 Å². The molecule has 1 heterocycles. The molecule has 1 amide bonds. The summed E-state index contributed by atoms with van der Waals surface area (Å²) in [5, 5.41) is 9.89. The fourth-order valence-electron chi connectivity index (χ4n) is 1.28. The molecule has 1 aromatic heterocycles. The third kappa shape index (κ3) is 2.46. The van der Waals surface area contributed by atoms with Crippen molar-refractivity contribution in [2.75, 3.05) is 11.1 Å². The zero-order chi connectivity index (χ0) is 13.3. The molecule has 0 atom stereocenters. The molecule has 1 aromatic carbocycles. The Kier molecular flexibility index (Phi) is 3.53. The number of halogens is 2. The predicted molar refractivity (Wildman–Crippen MR) is 70.6 cm³/mol. The van der Waals surface area contributed by atoms with Crippen LogP contribution in [0.2, 0.25) is 5.02 Å². The first-order valence-corrected chi connectivity index (χ1v) is 6.01. The van der Waals surface area contributed by atoms with Crippen molar-refractivity contribution in [3.05, 3.63) is 32.9 Å². The van der Waals surface area contributed by atoms with Gasteiger partial charge in [0.2, 0.25) is 11.5 Å². The second-order valence-corrected chi connectivity index (χ2v) is 4.79. The van der Waals surface area contributed by atoms with Crippen molar-refractivity contribution in [2.24, 2.45) is 0 Å². The van der Waals surface area contributed by atoms with E-state index in [1.165, 1.54) is 0 Å². The summed E-state index contributed by atoms with van der Waals surface area (Å²) < 4.78 is 5.06. The summed E-state index contributed by atoms with van der Waals surface area (Å²) in [6.45, 7) is 1.86. The highest BCUT2D eigenvalue weighted by Gasteiger charge is 2.17. The van der Waals surface area contributed by atoms with Crippen molar-refractivity contribution < 1.29 is 9.42 Å². The van der Waals surface area contributed by atoms with Crippen LogP contribution in [0.25, 0.3) is 0 Å². The van der Waals surface area contributed by atoms with Crippen LogP contribution in [-0.2, 0) is 0 Å². The van der Waals surface area contributed by atoms with Crippen molar-refractivity contribution in [1.29, 1.82) is 0 Å². The van der Waals surface area contributed by atoms with E-state index in [9.17, 15) is 4.79 Å². The molecular weight excluding hydrogens is 323 g/mol. The van der Waals surface area contributed by atoms with Crippen LogP contribution in [-0.4, -0.2) is 16.2 Å². The van der Waals surface area contributed by atoms with Gasteiger partial charge in [-0.2, -0.15) is 0 Å². The zero-order valence-corrected chi connectivity index (χ0v) is 11.5. The van der Waals surface area contributed by atoms with Gasteiger partial charge < -0.3 is 11.1 Å². The van der Waals surface area contributed by atoms with E-state index in [2.05, 4.69) is 36.2 Å². The minimum atomic E-state index is -0.519. The van der Waals surface area contributed by atoms with E-state index in [1.807, 2.05) is 6.92 Å². The third-order valence-corrected chi connectivity index (χ3v) is 3.29. The maximum atomic E-state index is 11.8. The highest BCUT2D eigenvalue weighted by molar-refractivity contribution is 9.10. The fourth-order valence-corrected chi connectivity index (χ4v) is 2.00. The van der Waals surface area contributed by atoms with E-state index in [1.54, 1.807) is 12.1 Å². The highest BCUT2D eigenvalue weighted by atomic mass is 79.9. The van der Waals surface area contributed by atoms with Crippen molar-refractivity contribution in [2.45, 2.75) is 6.92 Å². The number of benzene rings is 1. The summed E-state index contributed by atoms with van der Waals surface area (Å²) >= 11 is 9.31. The number of carbonyl (C=O) groups excluding carboxylic acids is 1. The van der Waals surface area contributed by atoms with Crippen LogP contribution in [0.1, 0.15) is 16.1 Å². The van der Waals surface area contributed by atoms with E-state index >= 15 is 0 Å². The first-order valence-electron chi connectivity index (χ1n) is 4.84. The first kappa shape index (κ1) is 12.8. The molecule has 0 saturated carbocycles. The maximum absolute atomic E-state index is 11.8. The minimum Gasteiger partial charge on any atom is -0.379 e. The molecule has 94 valence electrons. The van der Waals surface area contributed by atoms with Crippen LogP contribution in [0.3, 0.4) is 0 Å². The topological polar surface area (TPSA) is 94.0 Å². The van der Waals surface area contributed by atoms with Gasteiger partial charge in [-0.15, -0.1) is 0 Å². The smallest absolute Gasteiger partial charge is 0.281 e. The molecule has 0 fully saturated rings. The van der Waals surface area contributed by atoms with Crippen LogP contribution in [0.4, 0.5) is 11.5 Å². The molecule has 0 aliphatic carbocycles. The summed E-state index contributed by atoms with van der Waals surface area (Å²) in [4.78, 5) is 11.8. The Balaban J connectivity index is 2.28. The molecule has 2 rings (SSSR count).